The van der Waals surface area contributed by atoms with Gasteiger partial charge >= 0.3 is 0 Å². The smallest absolute Gasteiger partial charge is 0.243 e. The second-order valence-electron chi connectivity index (χ2n) is 4.26. The molecule has 0 aliphatic carbocycles. The van der Waals surface area contributed by atoms with Gasteiger partial charge in [-0.15, -0.1) is 11.3 Å². The van der Waals surface area contributed by atoms with E-state index in [9.17, 15) is 9.59 Å². The van der Waals surface area contributed by atoms with Crippen LogP contribution in [0.25, 0.3) is 0 Å². The molecule has 19 heavy (non-hydrogen) atoms. The van der Waals surface area contributed by atoms with Gasteiger partial charge in [0, 0.05) is 17.0 Å². The van der Waals surface area contributed by atoms with Crippen LogP contribution in [0.1, 0.15) is 17.4 Å². The molecule has 1 aliphatic rings. The van der Waals surface area contributed by atoms with Crippen LogP contribution in [0.5, 0.6) is 0 Å². The van der Waals surface area contributed by atoms with E-state index >= 15 is 0 Å². The summed E-state index contributed by atoms with van der Waals surface area (Å²) < 4.78 is 0. The predicted octanol–water partition coefficient (Wildman–Crippen LogP) is -0.0948. The van der Waals surface area contributed by atoms with E-state index < -0.39 is 0 Å². The quantitative estimate of drug-likeness (QED) is 0.585. The van der Waals surface area contributed by atoms with Crippen molar-refractivity contribution in [3.05, 3.63) is 21.9 Å². The van der Waals surface area contributed by atoms with Gasteiger partial charge in [-0.05, 0) is 18.4 Å². The van der Waals surface area contributed by atoms with Crippen LogP contribution in [0.2, 0.25) is 0 Å². The molecule has 1 fully saturated rings. The van der Waals surface area contributed by atoms with Crippen LogP contribution in [0.4, 0.5) is 0 Å². The summed E-state index contributed by atoms with van der Waals surface area (Å²) in [7, 11) is 0. The molecule has 0 saturated carbocycles. The van der Waals surface area contributed by atoms with Gasteiger partial charge < -0.3 is 5.73 Å². The molecule has 0 radical (unpaired) electrons. The molecule has 1 unspecified atom stereocenters. The van der Waals surface area contributed by atoms with Crippen molar-refractivity contribution in [2.45, 2.75) is 19.5 Å². The topological polar surface area (TPSA) is 75.4 Å². The standard InChI is InChI=1S/C13H15N3O2S/c1-9-13(18)15-12(17)8-16(9)7-11-10(3-2-5-14)4-6-19-11/h4,6,9H,5,7-8,14H2,1H3,(H,15,17,18). The fourth-order valence-electron chi connectivity index (χ4n) is 1.87. The number of rotatable bonds is 2. The molecule has 100 valence electrons. The number of amides is 2. The molecule has 6 heteroatoms. The third kappa shape index (κ3) is 3.20. The Kier molecular flexibility index (Phi) is 4.32. The maximum absolute atomic E-state index is 11.6. The number of nitrogens with two attached hydrogens (primary N) is 1. The second kappa shape index (κ2) is 5.97. The molecule has 5 nitrogen and oxygen atoms in total. The van der Waals surface area contributed by atoms with Gasteiger partial charge in [-0.2, -0.15) is 0 Å². The summed E-state index contributed by atoms with van der Waals surface area (Å²) in [6, 6.07) is 1.62. The molecule has 2 amide bonds. The molecule has 1 aromatic heterocycles. The first kappa shape index (κ1) is 13.7. The third-order valence-corrected chi connectivity index (χ3v) is 3.86. The fraction of sp³-hybridized carbons (Fsp3) is 0.385. The molecule has 2 heterocycles. The van der Waals surface area contributed by atoms with Crippen molar-refractivity contribution < 1.29 is 9.59 Å². The molecule has 1 saturated heterocycles. The maximum Gasteiger partial charge on any atom is 0.243 e. The molecular formula is C13H15N3O2S. The third-order valence-electron chi connectivity index (χ3n) is 2.95. The lowest BCUT2D eigenvalue weighted by atomic mass is 10.1. The summed E-state index contributed by atoms with van der Waals surface area (Å²) in [5, 5.41) is 4.28. The van der Waals surface area contributed by atoms with Crippen LogP contribution in [-0.2, 0) is 16.1 Å². The number of thiophene rings is 1. The highest BCUT2D eigenvalue weighted by Gasteiger charge is 2.30. The normalized spacial score (nSPS) is 19.8. The summed E-state index contributed by atoms with van der Waals surface area (Å²) in [6.07, 6.45) is 0. The number of piperazine rings is 1. The zero-order valence-corrected chi connectivity index (χ0v) is 11.4. The Morgan fingerprint density at radius 1 is 1.58 bits per heavy atom. The van der Waals surface area contributed by atoms with Crippen LogP contribution in [0.3, 0.4) is 0 Å². The largest absolute Gasteiger partial charge is 0.320 e. The number of hydrogen-bond acceptors (Lipinski definition) is 5. The molecule has 0 spiro atoms. The summed E-state index contributed by atoms with van der Waals surface area (Å²) in [5.41, 5.74) is 6.28. The van der Waals surface area contributed by atoms with Gasteiger partial charge in [-0.1, -0.05) is 11.8 Å². The van der Waals surface area contributed by atoms with Crippen molar-refractivity contribution in [3.8, 4) is 11.8 Å². The Labute approximate surface area is 115 Å². The maximum atomic E-state index is 11.6. The minimum Gasteiger partial charge on any atom is -0.320 e. The Morgan fingerprint density at radius 3 is 3.11 bits per heavy atom. The Hall–Kier alpha value is -1.68. The van der Waals surface area contributed by atoms with Gasteiger partial charge in [-0.3, -0.25) is 19.8 Å². The van der Waals surface area contributed by atoms with Crippen molar-refractivity contribution in [1.29, 1.82) is 0 Å². The molecule has 1 aromatic rings. The van der Waals surface area contributed by atoms with Crippen molar-refractivity contribution in [3.63, 3.8) is 0 Å². The van der Waals surface area contributed by atoms with Gasteiger partial charge in [0.05, 0.1) is 19.1 Å². The van der Waals surface area contributed by atoms with Crippen LogP contribution < -0.4 is 11.1 Å². The van der Waals surface area contributed by atoms with E-state index in [0.29, 0.717) is 13.1 Å². The number of imide groups is 1. The van der Waals surface area contributed by atoms with E-state index in [1.165, 1.54) is 0 Å². The summed E-state index contributed by atoms with van der Waals surface area (Å²) in [6.45, 7) is 2.89. The lowest BCUT2D eigenvalue weighted by molar-refractivity contribution is -0.139. The van der Waals surface area contributed by atoms with E-state index in [0.717, 1.165) is 10.4 Å². The average molecular weight is 277 g/mol. The van der Waals surface area contributed by atoms with E-state index in [2.05, 4.69) is 17.2 Å². The van der Waals surface area contributed by atoms with Gasteiger partial charge in [0.15, 0.2) is 0 Å². The molecule has 1 aliphatic heterocycles. The number of nitrogens with one attached hydrogen (secondary N) is 1. The Bertz CT molecular complexity index is 556. The van der Waals surface area contributed by atoms with E-state index in [1.54, 1.807) is 18.3 Å². The minimum atomic E-state index is -0.310. The SMILES string of the molecule is CC1C(=O)NC(=O)CN1Cc1sccc1C#CCN. The number of carbonyl (C=O) groups excluding carboxylic acids is 2. The van der Waals surface area contributed by atoms with Gasteiger partial charge in [0.25, 0.3) is 0 Å². The monoisotopic (exact) mass is 277 g/mol. The number of hydrogen-bond donors (Lipinski definition) is 2. The molecule has 2 rings (SSSR count). The lowest BCUT2D eigenvalue weighted by Gasteiger charge is -2.31. The van der Waals surface area contributed by atoms with Crippen molar-refractivity contribution in [2.24, 2.45) is 5.73 Å². The Balaban J connectivity index is 2.14. The van der Waals surface area contributed by atoms with Crippen molar-refractivity contribution in [2.75, 3.05) is 13.1 Å². The van der Waals surface area contributed by atoms with Gasteiger partial charge in [0.2, 0.25) is 11.8 Å². The summed E-state index contributed by atoms with van der Waals surface area (Å²) >= 11 is 1.57. The molecule has 0 aromatic carbocycles. The van der Waals surface area contributed by atoms with Crippen molar-refractivity contribution in [1.82, 2.24) is 10.2 Å². The van der Waals surface area contributed by atoms with E-state index in [1.807, 2.05) is 16.3 Å². The van der Waals surface area contributed by atoms with Gasteiger partial charge in [0.1, 0.15) is 0 Å². The zero-order chi connectivity index (χ0) is 13.8. The molecular weight excluding hydrogens is 262 g/mol. The first-order valence-electron chi connectivity index (χ1n) is 5.95. The highest BCUT2D eigenvalue weighted by Crippen LogP contribution is 2.20. The fourth-order valence-corrected chi connectivity index (χ4v) is 2.72. The van der Waals surface area contributed by atoms with E-state index in [4.69, 9.17) is 5.73 Å². The summed E-state index contributed by atoms with van der Waals surface area (Å²) in [5.74, 6) is 5.32. The minimum absolute atomic E-state index is 0.231. The van der Waals surface area contributed by atoms with Gasteiger partial charge in [-0.25, -0.2) is 0 Å². The second-order valence-corrected chi connectivity index (χ2v) is 5.26. The summed E-state index contributed by atoms with van der Waals surface area (Å²) in [4.78, 5) is 25.9. The molecule has 0 bridgehead atoms. The lowest BCUT2D eigenvalue weighted by Crippen LogP contribution is -2.56. The number of nitrogens with zero attached hydrogens (tertiary/aromatic N) is 1. The zero-order valence-electron chi connectivity index (χ0n) is 10.6. The number of carbonyl (C=O) groups is 2. The predicted molar refractivity (Wildman–Crippen MR) is 73.3 cm³/mol. The first-order chi connectivity index (χ1) is 9.11. The molecule has 1 atom stereocenters. The van der Waals surface area contributed by atoms with Crippen molar-refractivity contribution >= 4 is 23.2 Å². The first-order valence-corrected chi connectivity index (χ1v) is 6.83. The van der Waals surface area contributed by atoms with Crippen LogP contribution in [0.15, 0.2) is 11.4 Å². The van der Waals surface area contributed by atoms with Crippen LogP contribution in [0, 0.1) is 11.8 Å². The average Bonchev–Trinajstić information content (AvgIpc) is 2.80. The molecule has 3 N–H and O–H groups in total. The highest BCUT2D eigenvalue weighted by atomic mass is 32.1. The van der Waals surface area contributed by atoms with E-state index in [-0.39, 0.29) is 24.4 Å². The highest BCUT2D eigenvalue weighted by molar-refractivity contribution is 7.10. The Morgan fingerprint density at radius 2 is 2.37 bits per heavy atom. The van der Waals surface area contributed by atoms with Crippen LogP contribution >= 0.6 is 11.3 Å². The van der Waals surface area contributed by atoms with Crippen LogP contribution in [-0.4, -0.2) is 35.8 Å².